The number of hydrogen-bond acceptors (Lipinski definition) is 2. The lowest BCUT2D eigenvalue weighted by molar-refractivity contribution is 0.0476. The van der Waals surface area contributed by atoms with Crippen molar-refractivity contribution in [2.45, 2.75) is 40.2 Å². The number of carbonyl (C=O) groups is 1. The molecule has 0 aromatic heterocycles. The second kappa shape index (κ2) is 4.97. The molecule has 0 radical (unpaired) electrons. The molecule has 0 bridgehead atoms. The lowest BCUT2D eigenvalue weighted by Gasteiger charge is -2.43. The molecule has 2 rings (SSSR count). The van der Waals surface area contributed by atoms with Crippen molar-refractivity contribution in [2.24, 2.45) is 0 Å². The first-order valence-corrected chi connectivity index (χ1v) is 6.93. The molecule has 0 spiro atoms. The van der Waals surface area contributed by atoms with Gasteiger partial charge in [0.2, 0.25) is 0 Å². The van der Waals surface area contributed by atoms with Crippen LogP contribution in [0.5, 0.6) is 0 Å². The van der Waals surface area contributed by atoms with Crippen LogP contribution in [0.1, 0.15) is 40.9 Å². The van der Waals surface area contributed by atoms with Gasteiger partial charge in [0.15, 0.2) is 0 Å². The summed E-state index contributed by atoms with van der Waals surface area (Å²) in [6, 6.07) is 4.19. The molecule has 3 nitrogen and oxygen atoms in total. The molecule has 1 N–H and O–H groups in total. The quantitative estimate of drug-likeness (QED) is 0.841. The minimum Gasteiger partial charge on any atom is -0.331 e. The van der Waals surface area contributed by atoms with Crippen molar-refractivity contribution in [2.75, 3.05) is 19.6 Å². The fraction of sp³-hybridized carbons (Fsp3) is 0.562. The van der Waals surface area contributed by atoms with Crippen LogP contribution in [0.15, 0.2) is 12.1 Å². The van der Waals surface area contributed by atoms with Gasteiger partial charge in [-0.3, -0.25) is 4.79 Å². The van der Waals surface area contributed by atoms with Gasteiger partial charge in [0.1, 0.15) is 0 Å². The monoisotopic (exact) mass is 260 g/mol. The minimum absolute atomic E-state index is 0.126. The van der Waals surface area contributed by atoms with Crippen LogP contribution in [0.4, 0.5) is 0 Å². The largest absolute Gasteiger partial charge is 0.331 e. The van der Waals surface area contributed by atoms with E-state index in [1.54, 1.807) is 0 Å². The lowest BCUT2D eigenvalue weighted by atomic mass is 9.94. The molecule has 1 aliphatic heterocycles. The Morgan fingerprint density at radius 3 is 2.32 bits per heavy atom. The molecule has 0 atom stereocenters. The van der Waals surface area contributed by atoms with Gasteiger partial charge in [-0.05, 0) is 45.7 Å². The number of hydrogen-bond donors (Lipinski definition) is 1. The predicted molar refractivity (Wildman–Crippen MR) is 78.6 cm³/mol. The number of carbonyl (C=O) groups excluding carboxylic acids is 1. The summed E-state index contributed by atoms with van der Waals surface area (Å²) in [7, 11) is 0. The number of amides is 1. The minimum atomic E-state index is -0.126. The predicted octanol–water partition coefficient (Wildman–Crippen LogP) is 2.44. The summed E-state index contributed by atoms with van der Waals surface area (Å²) in [4.78, 5) is 14.9. The van der Waals surface area contributed by atoms with Crippen LogP contribution in [0, 0.1) is 20.8 Å². The molecule has 1 aromatic carbocycles. The van der Waals surface area contributed by atoms with E-state index in [1.165, 1.54) is 5.56 Å². The summed E-state index contributed by atoms with van der Waals surface area (Å²) in [5.41, 5.74) is 4.12. The van der Waals surface area contributed by atoms with E-state index >= 15 is 0 Å². The van der Waals surface area contributed by atoms with Crippen LogP contribution in [0.2, 0.25) is 0 Å². The topological polar surface area (TPSA) is 32.3 Å². The SMILES string of the molecule is Cc1cc(C)c(C(=O)N2CCNCC2(C)C)c(C)c1. The molecule has 1 amide bonds. The van der Waals surface area contributed by atoms with E-state index in [2.05, 4.69) is 38.2 Å². The molecule has 1 heterocycles. The third-order valence-electron chi connectivity index (χ3n) is 3.94. The highest BCUT2D eigenvalue weighted by Crippen LogP contribution is 2.24. The van der Waals surface area contributed by atoms with E-state index in [0.29, 0.717) is 0 Å². The number of benzene rings is 1. The second-order valence-corrected chi connectivity index (χ2v) is 6.22. The Bertz CT molecular complexity index is 482. The van der Waals surface area contributed by atoms with E-state index in [4.69, 9.17) is 0 Å². The van der Waals surface area contributed by atoms with Crippen molar-refractivity contribution in [3.8, 4) is 0 Å². The molecular weight excluding hydrogens is 236 g/mol. The molecular formula is C16H24N2O. The van der Waals surface area contributed by atoms with Crippen molar-refractivity contribution < 1.29 is 4.79 Å². The maximum atomic E-state index is 12.9. The summed E-state index contributed by atoms with van der Waals surface area (Å²) in [5.74, 6) is 0.168. The Balaban J connectivity index is 2.39. The lowest BCUT2D eigenvalue weighted by Crippen LogP contribution is -2.60. The van der Waals surface area contributed by atoms with Gasteiger partial charge in [0.25, 0.3) is 5.91 Å². The zero-order chi connectivity index (χ0) is 14.2. The van der Waals surface area contributed by atoms with Crippen molar-refractivity contribution in [1.29, 1.82) is 0 Å². The van der Waals surface area contributed by atoms with Gasteiger partial charge in [-0.15, -0.1) is 0 Å². The van der Waals surface area contributed by atoms with Crippen LogP contribution in [0.3, 0.4) is 0 Å². The Labute approximate surface area is 116 Å². The Morgan fingerprint density at radius 2 is 1.79 bits per heavy atom. The van der Waals surface area contributed by atoms with Crippen LogP contribution >= 0.6 is 0 Å². The average molecular weight is 260 g/mol. The fourth-order valence-corrected chi connectivity index (χ4v) is 3.01. The normalized spacial score (nSPS) is 18.5. The molecule has 0 saturated carbocycles. The Morgan fingerprint density at radius 1 is 1.21 bits per heavy atom. The molecule has 19 heavy (non-hydrogen) atoms. The van der Waals surface area contributed by atoms with Crippen molar-refractivity contribution in [3.63, 3.8) is 0 Å². The smallest absolute Gasteiger partial charge is 0.254 e. The molecule has 1 aromatic rings. The van der Waals surface area contributed by atoms with Crippen LogP contribution in [-0.2, 0) is 0 Å². The summed E-state index contributed by atoms with van der Waals surface area (Å²) in [6.45, 7) is 12.9. The third-order valence-corrected chi connectivity index (χ3v) is 3.94. The molecule has 1 saturated heterocycles. The van der Waals surface area contributed by atoms with Gasteiger partial charge in [0, 0.05) is 25.2 Å². The summed E-state index contributed by atoms with van der Waals surface area (Å²) in [6.07, 6.45) is 0. The van der Waals surface area contributed by atoms with Gasteiger partial charge in [-0.25, -0.2) is 0 Å². The Hall–Kier alpha value is -1.35. The number of nitrogens with one attached hydrogen (secondary N) is 1. The van der Waals surface area contributed by atoms with E-state index in [0.717, 1.165) is 36.3 Å². The highest BCUT2D eigenvalue weighted by atomic mass is 16.2. The number of nitrogens with zero attached hydrogens (tertiary/aromatic N) is 1. The van der Waals surface area contributed by atoms with Crippen LogP contribution in [0.25, 0.3) is 0 Å². The van der Waals surface area contributed by atoms with Crippen LogP contribution < -0.4 is 5.32 Å². The van der Waals surface area contributed by atoms with Crippen molar-refractivity contribution in [1.82, 2.24) is 10.2 Å². The van der Waals surface area contributed by atoms with Gasteiger partial charge < -0.3 is 10.2 Å². The zero-order valence-electron chi connectivity index (χ0n) is 12.6. The summed E-state index contributed by atoms with van der Waals surface area (Å²) in [5, 5.41) is 3.36. The number of piperazine rings is 1. The summed E-state index contributed by atoms with van der Waals surface area (Å²) >= 11 is 0. The first-order valence-electron chi connectivity index (χ1n) is 6.93. The number of rotatable bonds is 1. The highest BCUT2D eigenvalue weighted by molar-refractivity contribution is 5.97. The van der Waals surface area contributed by atoms with Crippen molar-refractivity contribution in [3.05, 3.63) is 34.4 Å². The van der Waals surface area contributed by atoms with E-state index in [9.17, 15) is 4.79 Å². The second-order valence-electron chi connectivity index (χ2n) is 6.22. The highest BCUT2D eigenvalue weighted by Gasteiger charge is 2.34. The number of aryl methyl sites for hydroxylation is 3. The molecule has 104 valence electrons. The molecule has 1 aliphatic rings. The first kappa shape index (κ1) is 14.1. The van der Waals surface area contributed by atoms with Crippen molar-refractivity contribution >= 4 is 5.91 Å². The van der Waals surface area contributed by atoms with E-state index in [1.807, 2.05) is 18.7 Å². The van der Waals surface area contributed by atoms with Crippen LogP contribution in [-0.4, -0.2) is 36.0 Å². The third kappa shape index (κ3) is 2.66. The maximum absolute atomic E-state index is 12.9. The fourth-order valence-electron chi connectivity index (χ4n) is 3.01. The molecule has 1 fully saturated rings. The molecule has 0 aliphatic carbocycles. The van der Waals surface area contributed by atoms with Gasteiger partial charge >= 0.3 is 0 Å². The zero-order valence-corrected chi connectivity index (χ0v) is 12.6. The van der Waals surface area contributed by atoms with Gasteiger partial charge in [0.05, 0.1) is 5.54 Å². The van der Waals surface area contributed by atoms with Gasteiger partial charge in [-0.2, -0.15) is 0 Å². The first-order chi connectivity index (χ1) is 8.83. The molecule has 3 heteroatoms. The summed E-state index contributed by atoms with van der Waals surface area (Å²) < 4.78 is 0. The Kier molecular flexibility index (Phi) is 3.68. The standard InChI is InChI=1S/C16H24N2O/c1-11-8-12(2)14(13(3)9-11)15(19)18-7-6-17-10-16(18,4)5/h8-9,17H,6-7,10H2,1-5H3. The van der Waals surface area contributed by atoms with E-state index in [-0.39, 0.29) is 11.4 Å². The molecule has 0 unspecified atom stereocenters. The van der Waals surface area contributed by atoms with Gasteiger partial charge in [-0.1, -0.05) is 17.7 Å². The maximum Gasteiger partial charge on any atom is 0.254 e. The average Bonchev–Trinajstić information content (AvgIpc) is 2.26. The van der Waals surface area contributed by atoms with E-state index < -0.39 is 0 Å².